The lowest BCUT2D eigenvalue weighted by Crippen LogP contribution is -2.34. The van der Waals surface area contributed by atoms with Crippen LogP contribution in [-0.4, -0.2) is 31.0 Å². The fourth-order valence-corrected chi connectivity index (χ4v) is 2.06. The van der Waals surface area contributed by atoms with E-state index in [0.717, 1.165) is 0 Å². The third-order valence-electron chi connectivity index (χ3n) is 3.11. The summed E-state index contributed by atoms with van der Waals surface area (Å²) in [7, 11) is 0. The van der Waals surface area contributed by atoms with Crippen LogP contribution in [0.1, 0.15) is 22.8 Å². The summed E-state index contributed by atoms with van der Waals surface area (Å²) < 4.78 is 9.84. The number of carbonyl (C=O) groups is 3. The van der Waals surface area contributed by atoms with Crippen LogP contribution in [0, 0.1) is 0 Å². The molecule has 0 aliphatic heterocycles. The van der Waals surface area contributed by atoms with Gasteiger partial charge in [0.05, 0.1) is 6.61 Å². The van der Waals surface area contributed by atoms with Crippen molar-refractivity contribution in [2.75, 3.05) is 13.2 Å². The molecule has 2 aromatic rings. The lowest BCUT2D eigenvalue weighted by atomic mass is 10.0. The second kappa shape index (κ2) is 8.84. The Balaban J connectivity index is 1.91. The van der Waals surface area contributed by atoms with Crippen LogP contribution >= 0.6 is 11.6 Å². The maximum atomic E-state index is 12.3. The number of nitrogens with one attached hydrogen (secondary N) is 1. The van der Waals surface area contributed by atoms with E-state index in [1.165, 1.54) is 0 Å². The van der Waals surface area contributed by atoms with Crippen molar-refractivity contribution in [1.82, 2.24) is 5.32 Å². The molecule has 0 radical (unpaired) electrons. The number of ether oxygens (including phenoxy) is 2. The Labute approximate surface area is 149 Å². The average molecular weight is 362 g/mol. The van der Waals surface area contributed by atoms with Crippen LogP contribution < -0.4 is 10.1 Å². The minimum atomic E-state index is -0.819. The van der Waals surface area contributed by atoms with Gasteiger partial charge in [0.2, 0.25) is 0 Å². The molecule has 0 saturated carbocycles. The Kier molecular flexibility index (Phi) is 6.54. The lowest BCUT2D eigenvalue weighted by Gasteiger charge is -2.07. The molecule has 0 saturated heterocycles. The van der Waals surface area contributed by atoms with Crippen LogP contribution in [0.15, 0.2) is 48.5 Å². The molecule has 1 N–H and O–H groups in total. The van der Waals surface area contributed by atoms with Gasteiger partial charge in [-0.2, -0.15) is 0 Å². The maximum Gasteiger partial charge on any atom is 0.413 e. The van der Waals surface area contributed by atoms with Crippen molar-refractivity contribution < 1.29 is 23.9 Å². The highest BCUT2D eigenvalue weighted by Crippen LogP contribution is 2.17. The summed E-state index contributed by atoms with van der Waals surface area (Å²) in [5, 5.41) is 2.57. The van der Waals surface area contributed by atoms with E-state index in [2.05, 4.69) is 4.74 Å². The van der Waals surface area contributed by atoms with E-state index >= 15 is 0 Å². The van der Waals surface area contributed by atoms with E-state index in [9.17, 15) is 14.4 Å². The molecule has 2 aromatic carbocycles. The largest absolute Gasteiger partial charge is 0.484 e. The van der Waals surface area contributed by atoms with Crippen LogP contribution in [0.3, 0.4) is 0 Å². The molecular formula is C18H16ClNO5. The smallest absolute Gasteiger partial charge is 0.413 e. The highest BCUT2D eigenvalue weighted by Gasteiger charge is 2.11. The molecule has 0 aromatic heterocycles. The molecule has 0 spiro atoms. The predicted molar refractivity (Wildman–Crippen MR) is 92.0 cm³/mol. The van der Waals surface area contributed by atoms with Crippen molar-refractivity contribution >= 4 is 29.4 Å². The highest BCUT2D eigenvalue weighted by atomic mass is 35.5. The van der Waals surface area contributed by atoms with Gasteiger partial charge in [-0.25, -0.2) is 4.79 Å². The van der Waals surface area contributed by atoms with Crippen molar-refractivity contribution in [2.24, 2.45) is 0 Å². The monoisotopic (exact) mass is 361 g/mol. The van der Waals surface area contributed by atoms with Crippen molar-refractivity contribution in [3.63, 3.8) is 0 Å². The number of hydrogen-bond donors (Lipinski definition) is 1. The number of ketones is 1. The minimum absolute atomic E-state index is 0.150. The summed E-state index contributed by atoms with van der Waals surface area (Å²) in [5.41, 5.74) is 0.998. The summed E-state index contributed by atoms with van der Waals surface area (Å²) in [6.45, 7) is 1.46. The highest BCUT2D eigenvalue weighted by molar-refractivity contribution is 6.30. The minimum Gasteiger partial charge on any atom is -0.484 e. The predicted octanol–water partition coefficient (Wildman–Crippen LogP) is 3.22. The first-order valence-corrected chi connectivity index (χ1v) is 7.87. The number of halogens is 1. The number of rotatable bonds is 6. The van der Waals surface area contributed by atoms with Crippen LogP contribution in [0.2, 0.25) is 5.02 Å². The van der Waals surface area contributed by atoms with Gasteiger partial charge < -0.3 is 9.47 Å². The van der Waals surface area contributed by atoms with Crippen molar-refractivity contribution in [3.8, 4) is 5.75 Å². The molecule has 2 amide bonds. The topological polar surface area (TPSA) is 81.7 Å². The molecule has 2 rings (SSSR count). The molecule has 0 aliphatic rings. The van der Waals surface area contributed by atoms with Crippen molar-refractivity contribution in [3.05, 3.63) is 64.7 Å². The maximum absolute atomic E-state index is 12.3. The summed E-state index contributed by atoms with van der Waals surface area (Å²) in [4.78, 5) is 34.9. The third-order valence-corrected chi connectivity index (χ3v) is 3.36. The summed E-state index contributed by atoms with van der Waals surface area (Å²) >= 11 is 5.80. The van der Waals surface area contributed by atoms with Gasteiger partial charge in [0, 0.05) is 16.1 Å². The molecule has 25 heavy (non-hydrogen) atoms. The standard InChI is InChI=1S/C18H16ClNO5/c1-2-24-18(23)20-16(21)11-25-15-9-5-13(6-10-15)17(22)12-3-7-14(19)8-4-12/h3-10H,2,11H2,1H3,(H,20,21,23). The second-order valence-corrected chi connectivity index (χ2v) is 5.35. The number of imide groups is 1. The third kappa shape index (κ3) is 5.61. The zero-order valence-corrected chi connectivity index (χ0v) is 14.2. The zero-order chi connectivity index (χ0) is 18.2. The lowest BCUT2D eigenvalue weighted by molar-refractivity contribution is -0.122. The van der Waals surface area contributed by atoms with Gasteiger partial charge in [-0.3, -0.25) is 14.9 Å². The van der Waals surface area contributed by atoms with Crippen molar-refractivity contribution in [1.29, 1.82) is 0 Å². The summed E-state index contributed by atoms with van der Waals surface area (Å²) in [5.74, 6) is -0.380. The zero-order valence-electron chi connectivity index (χ0n) is 13.5. The SMILES string of the molecule is CCOC(=O)NC(=O)COc1ccc(C(=O)c2ccc(Cl)cc2)cc1. The van der Waals surface area contributed by atoms with Gasteiger partial charge in [-0.1, -0.05) is 11.6 Å². The van der Waals surface area contributed by atoms with Crippen LogP contribution in [0.4, 0.5) is 4.79 Å². The van der Waals surface area contributed by atoms with E-state index in [0.29, 0.717) is 21.9 Å². The van der Waals surface area contributed by atoms with Crippen molar-refractivity contribution in [2.45, 2.75) is 6.92 Å². The Bertz CT molecular complexity index is 756. The Morgan fingerprint density at radius 3 is 2.08 bits per heavy atom. The first-order chi connectivity index (χ1) is 12.0. The molecule has 130 valence electrons. The van der Waals surface area contributed by atoms with Gasteiger partial charge in [0.15, 0.2) is 12.4 Å². The fraction of sp³-hybridized carbons (Fsp3) is 0.167. The number of alkyl carbamates (subject to hydrolysis) is 1. The molecule has 7 heteroatoms. The van der Waals surface area contributed by atoms with Crippen LogP contribution in [0.25, 0.3) is 0 Å². The molecule has 6 nitrogen and oxygen atoms in total. The fourth-order valence-electron chi connectivity index (χ4n) is 1.94. The van der Waals surface area contributed by atoms with E-state index in [1.807, 2.05) is 5.32 Å². The molecular weight excluding hydrogens is 346 g/mol. The second-order valence-electron chi connectivity index (χ2n) is 4.92. The van der Waals surface area contributed by atoms with Gasteiger partial charge in [-0.05, 0) is 55.5 Å². The Hall–Kier alpha value is -2.86. The number of benzene rings is 2. The average Bonchev–Trinajstić information content (AvgIpc) is 2.60. The number of amides is 2. The Morgan fingerprint density at radius 1 is 0.960 bits per heavy atom. The number of hydrogen-bond acceptors (Lipinski definition) is 5. The quantitative estimate of drug-likeness (QED) is 0.799. The van der Waals surface area contributed by atoms with E-state index < -0.39 is 12.0 Å². The molecule has 0 bridgehead atoms. The van der Waals surface area contributed by atoms with E-state index in [4.69, 9.17) is 16.3 Å². The van der Waals surface area contributed by atoms with Gasteiger partial charge in [0.25, 0.3) is 5.91 Å². The molecule has 0 fully saturated rings. The molecule has 0 heterocycles. The van der Waals surface area contributed by atoms with Crippen LogP contribution in [-0.2, 0) is 9.53 Å². The van der Waals surface area contributed by atoms with Gasteiger partial charge in [0.1, 0.15) is 5.75 Å². The first kappa shape index (κ1) is 18.5. The first-order valence-electron chi connectivity index (χ1n) is 7.49. The molecule has 0 atom stereocenters. The molecule has 0 aliphatic carbocycles. The summed E-state index contributed by atoms with van der Waals surface area (Å²) in [6.07, 6.45) is -0.819. The van der Waals surface area contributed by atoms with E-state index in [1.54, 1.807) is 55.5 Å². The molecule has 0 unspecified atom stereocenters. The van der Waals surface area contributed by atoms with Gasteiger partial charge >= 0.3 is 6.09 Å². The van der Waals surface area contributed by atoms with Gasteiger partial charge in [-0.15, -0.1) is 0 Å². The Morgan fingerprint density at radius 2 is 1.52 bits per heavy atom. The number of carbonyl (C=O) groups excluding carboxylic acids is 3. The normalized spacial score (nSPS) is 10.0. The summed E-state index contributed by atoms with van der Waals surface area (Å²) in [6, 6.07) is 12.9. The van der Waals surface area contributed by atoms with Crippen LogP contribution in [0.5, 0.6) is 5.75 Å². The van der Waals surface area contributed by atoms with E-state index in [-0.39, 0.29) is 19.0 Å².